The van der Waals surface area contributed by atoms with Crippen molar-refractivity contribution in [2.45, 2.75) is 32.2 Å². The number of nitro groups is 1. The number of benzene rings is 1. The van der Waals surface area contributed by atoms with Gasteiger partial charge in [-0.3, -0.25) is 10.1 Å². The topological polar surface area (TPSA) is 68.1 Å². The molecule has 5 nitrogen and oxygen atoms in total. The number of nitro benzene ring substituents is 1. The molecule has 20 heavy (non-hydrogen) atoms. The van der Waals surface area contributed by atoms with Gasteiger partial charge in [-0.1, -0.05) is 6.42 Å². The van der Waals surface area contributed by atoms with Gasteiger partial charge in [0.15, 0.2) is 0 Å². The molecule has 0 amide bonds. The zero-order valence-corrected chi connectivity index (χ0v) is 11.4. The molecule has 0 aliphatic heterocycles. The fraction of sp³-hybridized carbons (Fsp3) is 0.400. The molecule has 0 spiro atoms. The van der Waals surface area contributed by atoms with Gasteiger partial charge in [-0.2, -0.15) is 0 Å². The first kappa shape index (κ1) is 12.8. The van der Waals surface area contributed by atoms with Crippen molar-refractivity contribution < 1.29 is 4.92 Å². The molecule has 0 saturated heterocycles. The van der Waals surface area contributed by atoms with E-state index in [1.165, 1.54) is 25.3 Å². The van der Waals surface area contributed by atoms with Crippen molar-refractivity contribution in [2.24, 2.45) is 5.92 Å². The van der Waals surface area contributed by atoms with E-state index < -0.39 is 0 Å². The molecule has 1 N–H and O–H groups in total. The lowest BCUT2D eigenvalue weighted by Crippen LogP contribution is -2.31. The number of pyridine rings is 1. The second-order valence-electron chi connectivity index (χ2n) is 5.45. The summed E-state index contributed by atoms with van der Waals surface area (Å²) in [6.07, 6.45) is 3.90. The predicted octanol–water partition coefficient (Wildman–Crippen LogP) is 3.74. The van der Waals surface area contributed by atoms with Gasteiger partial charge in [0.05, 0.1) is 10.4 Å². The van der Waals surface area contributed by atoms with Crippen LogP contribution < -0.4 is 5.32 Å². The van der Waals surface area contributed by atoms with Crippen LogP contribution >= 0.6 is 0 Å². The van der Waals surface area contributed by atoms with Crippen LogP contribution in [0.15, 0.2) is 30.3 Å². The van der Waals surface area contributed by atoms with Crippen molar-refractivity contribution in [3.63, 3.8) is 0 Å². The van der Waals surface area contributed by atoms with Gasteiger partial charge in [-0.05, 0) is 43.9 Å². The predicted molar refractivity (Wildman–Crippen MR) is 78.8 cm³/mol. The van der Waals surface area contributed by atoms with E-state index in [4.69, 9.17) is 0 Å². The van der Waals surface area contributed by atoms with E-state index in [2.05, 4.69) is 17.2 Å². The Bertz CT molecular complexity index is 653. The van der Waals surface area contributed by atoms with Crippen molar-refractivity contribution in [2.75, 3.05) is 5.32 Å². The zero-order valence-electron chi connectivity index (χ0n) is 11.4. The van der Waals surface area contributed by atoms with Crippen molar-refractivity contribution in [3.8, 4) is 0 Å². The molecule has 1 atom stereocenters. The SMILES string of the molecule is CC(Nc1ccc2cc([N+](=O)[O-])ccc2n1)C1CCC1. The molecule has 1 saturated carbocycles. The summed E-state index contributed by atoms with van der Waals surface area (Å²) in [5.74, 6) is 1.58. The first-order valence-electron chi connectivity index (χ1n) is 6.95. The molecule has 1 aliphatic carbocycles. The van der Waals surface area contributed by atoms with Crippen LogP contribution in [-0.4, -0.2) is 15.9 Å². The molecule has 0 radical (unpaired) electrons. The fourth-order valence-electron chi connectivity index (χ4n) is 2.60. The first-order valence-corrected chi connectivity index (χ1v) is 6.95. The molecule has 1 fully saturated rings. The maximum atomic E-state index is 10.7. The van der Waals surface area contributed by atoms with E-state index in [1.54, 1.807) is 12.1 Å². The Morgan fingerprint density at radius 3 is 2.80 bits per heavy atom. The average molecular weight is 271 g/mol. The van der Waals surface area contributed by atoms with Gasteiger partial charge in [0.2, 0.25) is 0 Å². The van der Waals surface area contributed by atoms with Gasteiger partial charge in [0.25, 0.3) is 5.69 Å². The molecule has 5 heteroatoms. The standard InChI is InChI=1S/C15H17N3O2/c1-10(11-3-2-4-11)16-15-8-5-12-9-13(18(19)20)6-7-14(12)17-15/h5-11H,2-4H2,1H3,(H,16,17). The minimum Gasteiger partial charge on any atom is -0.367 e. The Labute approximate surface area is 117 Å². The first-order chi connectivity index (χ1) is 9.63. The van der Waals surface area contributed by atoms with E-state index in [-0.39, 0.29) is 10.6 Å². The van der Waals surface area contributed by atoms with Crippen molar-refractivity contribution >= 4 is 22.4 Å². The summed E-state index contributed by atoms with van der Waals surface area (Å²) in [5, 5.41) is 15.0. The second-order valence-corrected chi connectivity index (χ2v) is 5.45. The smallest absolute Gasteiger partial charge is 0.270 e. The maximum Gasteiger partial charge on any atom is 0.270 e. The highest BCUT2D eigenvalue weighted by Crippen LogP contribution is 2.31. The Hall–Kier alpha value is -2.17. The third-order valence-corrected chi connectivity index (χ3v) is 4.12. The molecular weight excluding hydrogens is 254 g/mol. The summed E-state index contributed by atoms with van der Waals surface area (Å²) in [4.78, 5) is 14.9. The van der Waals surface area contributed by atoms with E-state index in [0.29, 0.717) is 6.04 Å². The van der Waals surface area contributed by atoms with Gasteiger partial charge in [-0.25, -0.2) is 4.98 Å². The van der Waals surface area contributed by atoms with Crippen LogP contribution in [0.4, 0.5) is 11.5 Å². The lowest BCUT2D eigenvalue weighted by molar-refractivity contribution is -0.384. The van der Waals surface area contributed by atoms with E-state index >= 15 is 0 Å². The average Bonchev–Trinajstić information content (AvgIpc) is 2.35. The van der Waals surface area contributed by atoms with Crippen LogP contribution in [0.1, 0.15) is 26.2 Å². The van der Waals surface area contributed by atoms with Gasteiger partial charge >= 0.3 is 0 Å². The molecule has 1 heterocycles. The monoisotopic (exact) mass is 271 g/mol. The highest BCUT2D eigenvalue weighted by Gasteiger charge is 2.23. The Balaban J connectivity index is 1.83. The largest absolute Gasteiger partial charge is 0.367 e. The molecule has 1 unspecified atom stereocenters. The zero-order chi connectivity index (χ0) is 14.1. The molecule has 1 aromatic heterocycles. The Morgan fingerprint density at radius 2 is 2.15 bits per heavy atom. The van der Waals surface area contributed by atoms with Gasteiger partial charge in [0, 0.05) is 23.6 Å². The second kappa shape index (κ2) is 5.07. The molecule has 104 valence electrons. The van der Waals surface area contributed by atoms with Crippen LogP contribution in [-0.2, 0) is 0 Å². The quantitative estimate of drug-likeness (QED) is 0.679. The van der Waals surface area contributed by atoms with Crippen molar-refractivity contribution in [3.05, 3.63) is 40.4 Å². The summed E-state index contributed by atoms with van der Waals surface area (Å²) in [7, 11) is 0. The number of anilines is 1. The minimum absolute atomic E-state index is 0.0999. The number of non-ortho nitro benzene ring substituents is 1. The van der Waals surface area contributed by atoms with Crippen molar-refractivity contribution in [1.29, 1.82) is 0 Å². The van der Waals surface area contributed by atoms with E-state index in [1.807, 2.05) is 12.1 Å². The van der Waals surface area contributed by atoms with Gasteiger partial charge < -0.3 is 5.32 Å². The Morgan fingerprint density at radius 1 is 1.35 bits per heavy atom. The van der Waals surface area contributed by atoms with E-state index in [0.717, 1.165) is 22.6 Å². The summed E-state index contributed by atoms with van der Waals surface area (Å²) in [5.41, 5.74) is 0.879. The third kappa shape index (κ3) is 2.43. The number of nitrogens with one attached hydrogen (secondary N) is 1. The van der Waals surface area contributed by atoms with Gasteiger partial charge in [-0.15, -0.1) is 0 Å². The Kier molecular flexibility index (Phi) is 3.26. The molecule has 1 aromatic carbocycles. The van der Waals surface area contributed by atoms with Gasteiger partial charge in [0.1, 0.15) is 5.82 Å². The number of hydrogen-bond donors (Lipinski definition) is 1. The molecule has 3 rings (SSSR count). The van der Waals surface area contributed by atoms with Crippen LogP contribution in [0.3, 0.4) is 0 Å². The lowest BCUT2D eigenvalue weighted by atomic mass is 9.80. The summed E-state index contributed by atoms with van der Waals surface area (Å²) < 4.78 is 0. The highest BCUT2D eigenvalue weighted by molar-refractivity contribution is 5.82. The van der Waals surface area contributed by atoms with Crippen LogP contribution in [0.25, 0.3) is 10.9 Å². The number of hydrogen-bond acceptors (Lipinski definition) is 4. The normalized spacial score (nSPS) is 16.6. The summed E-state index contributed by atoms with van der Waals surface area (Å²) in [6, 6.07) is 8.95. The highest BCUT2D eigenvalue weighted by atomic mass is 16.6. The number of rotatable bonds is 4. The van der Waals surface area contributed by atoms with E-state index in [9.17, 15) is 10.1 Å². The molecule has 0 bridgehead atoms. The van der Waals surface area contributed by atoms with Crippen LogP contribution in [0.2, 0.25) is 0 Å². The minimum atomic E-state index is -0.385. The number of aromatic nitrogens is 1. The number of fused-ring (bicyclic) bond motifs is 1. The fourth-order valence-corrected chi connectivity index (χ4v) is 2.60. The van der Waals surface area contributed by atoms with Crippen LogP contribution in [0.5, 0.6) is 0 Å². The van der Waals surface area contributed by atoms with Crippen LogP contribution in [0, 0.1) is 16.0 Å². The lowest BCUT2D eigenvalue weighted by Gasteiger charge is -2.32. The maximum absolute atomic E-state index is 10.7. The molecular formula is C15H17N3O2. The van der Waals surface area contributed by atoms with Crippen molar-refractivity contribution in [1.82, 2.24) is 4.98 Å². The third-order valence-electron chi connectivity index (χ3n) is 4.12. The molecule has 2 aromatic rings. The summed E-state index contributed by atoms with van der Waals surface area (Å²) in [6.45, 7) is 2.19. The molecule has 1 aliphatic rings. The summed E-state index contributed by atoms with van der Waals surface area (Å²) >= 11 is 0. The number of nitrogens with zero attached hydrogens (tertiary/aromatic N) is 2.